The number of piperazine rings is 1. The van der Waals surface area contributed by atoms with E-state index in [1.807, 2.05) is 47.4 Å². The van der Waals surface area contributed by atoms with Crippen molar-refractivity contribution in [3.05, 3.63) is 94.4 Å². The number of aliphatic hydroxyl groups excluding tert-OH is 1. The van der Waals surface area contributed by atoms with Gasteiger partial charge in [0.1, 0.15) is 36.1 Å². The maximum absolute atomic E-state index is 13.5. The first kappa shape index (κ1) is 29.9. The third-order valence-electron chi connectivity index (χ3n) is 8.27. The minimum atomic E-state index is -0.686. The summed E-state index contributed by atoms with van der Waals surface area (Å²) in [5.74, 6) is 0.508. The van der Waals surface area contributed by atoms with Crippen molar-refractivity contribution in [2.45, 2.75) is 25.5 Å². The van der Waals surface area contributed by atoms with Crippen LogP contribution in [0.4, 0.5) is 9.18 Å². The van der Waals surface area contributed by atoms with Gasteiger partial charge in [0, 0.05) is 67.8 Å². The van der Waals surface area contributed by atoms with Crippen LogP contribution < -0.4 is 9.47 Å². The van der Waals surface area contributed by atoms with E-state index in [0.29, 0.717) is 43.4 Å². The topological polar surface area (TPSA) is 98.3 Å². The minimum Gasteiger partial charge on any atom is -0.491 e. The van der Waals surface area contributed by atoms with Crippen LogP contribution in [0.25, 0.3) is 10.9 Å². The Balaban J connectivity index is 1.18. The van der Waals surface area contributed by atoms with E-state index in [1.54, 1.807) is 11.8 Å². The number of ether oxygens (including phenoxy) is 2. The van der Waals surface area contributed by atoms with Crippen LogP contribution in [-0.2, 0) is 11.2 Å². The zero-order valence-electron chi connectivity index (χ0n) is 24.3. The van der Waals surface area contributed by atoms with Gasteiger partial charge in [-0.2, -0.15) is 0 Å². The Morgan fingerprint density at radius 3 is 2.41 bits per heavy atom. The van der Waals surface area contributed by atoms with E-state index in [1.165, 1.54) is 24.3 Å². The maximum atomic E-state index is 13.5. The zero-order valence-corrected chi connectivity index (χ0v) is 25.1. The standard InChI is InChI=1S/C33H34ClFN4O5/c1-21(40)38-16-14-37(15-17-38)19-25(41)20-43-26-7-2-22(3-8-26)32-31-28(29-18-23(34)4-11-30(29)36-31)12-13-39(32)33(42)44-27-9-5-24(35)6-10-27/h2-11,18,25,32,36,41H,12-17,19-20H2,1H3. The number of nitrogens with zero attached hydrogens (tertiary/aromatic N) is 3. The molecule has 1 aromatic heterocycles. The Labute approximate surface area is 259 Å². The second-order valence-electron chi connectivity index (χ2n) is 11.2. The van der Waals surface area contributed by atoms with E-state index in [4.69, 9.17) is 21.1 Å². The number of fused-ring (bicyclic) bond motifs is 3. The van der Waals surface area contributed by atoms with E-state index in [0.717, 1.165) is 40.8 Å². The van der Waals surface area contributed by atoms with Gasteiger partial charge in [0.25, 0.3) is 0 Å². The largest absolute Gasteiger partial charge is 0.491 e. The first-order valence-electron chi connectivity index (χ1n) is 14.7. The number of benzene rings is 3. The third-order valence-corrected chi connectivity index (χ3v) is 8.50. The molecule has 0 radical (unpaired) electrons. The maximum Gasteiger partial charge on any atom is 0.416 e. The lowest BCUT2D eigenvalue weighted by Gasteiger charge is -2.35. The Morgan fingerprint density at radius 2 is 1.70 bits per heavy atom. The van der Waals surface area contributed by atoms with E-state index in [9.17, 15) is 19.1 Å². The van der Waals surface area contributed by atoms with Gasteiger partial charge in [0.15, 0.2) is 0 Å². The van der Waals surface area contributed by atoms with Crippen LogP contribution in [-0.4, -0.2) is 88.8 Å². The molecule has 2 N–H and O–H groups in total. The smallest absolute Gasteiger partial charge is 0.416 e. The number of aromatic nitrogens is 1. The van der Waals surface area contributed by atoms with Crippen molar-refractivity contribution >= 4 is 34.5 Å². The summed E-state index contributed by atoms with van der Waals surface area (Å²) in [5.41, 5.74) is 3.73. The highest BCUT2D eigenvalue weighted by atomic mass is 35.5. The molecule has 0 saturated carbocycles. The zero-order chi connectivity index (χ0) is 30.8. The van der Waals surface area contributed by atoms with Gasteiger partial charge < -0.3 is 24.5 Å². The molecule has 230 valence electrons. The summed E-state index contributed by atoms with van der Waals surface area (Å²) in [5, 5.41) is 12.2. The molecular weight excluding hydrogens is 587 g/mol. The lowest BCUT2D eigenvalue weighted by molar-refractivity contribution is -0.130. The van der Waals surface area contributed by atoms with E-state index in [-0.39, 0.29) is 18.3 Å². The van der Waals surface area contributed by atoms with Crippen LogP contribution >= 0.6 is 11.6 Å². The number of H-pyrrole nitrogens is 1. The number of rotatable bonds is 7. The number of carbonyl (C=O) groups excluding carboxylic acids is 2. The SMILES string of the molecule is CC(=O)N1CCN(CC(O)COc2ccc(C3c4[nH]c5ccc(Cl)cc5c4CCN3C(=O)Oc3ccc(F)cc3)cc2)CC1. The Kier molecular flexibility index (Phi) is 8.74. The van der Waals surface area contributed by atoms with E-state index < -0.39 is 24.1 Å². The second kappa shape index (κ2) is 12.9. The van der Waals surface area contributed by atoms with Gasteiger partial charge in [-0.3, -0.25) is 14.6 Å². The normalized spacial score (nSPS) is 17.8. The lowest BCUT2D eigenvalue weighted by Crippen LogP contribution is -2.50. The molecular formula is C33H34ClFN4O5. The summed E-state index contributed by atoms with van der Waals surface area (Å²) in [6.07, 6.45) is -0.626. The van der Waals surface area contributed by atoms with Gasteiger partial charge in [-0.1, -0.05) is 23.7 Å². The summed E-state index contributed by atoms with van der Waals surface area (Å²) >= 11 is 6.32. The van der Waals surface area contributed by atoms with Gasteiger partial charge >= 0.3 is 6.09 Å². The van der Waals surface area contributed by atoms with Crippen LogP contribution in [0.5, 0.6) is 11.5 Å². The molecule has 2 unspecified atom stereocenters. The first-order valence-corrected chi connectivity index (χ1v) is 15.1. The average molecular weight is 621 g/mol. The summed E-state index contributed by atoms with van der Waals surface area (Å²) in [4.78, 5) is 34.1. The van der Waals surface area contributed by atoms with Crippen molar-refractivity contribution in [1.82, 2.24) is 19.7 Å². The van der Waals surface area contributed by atoms with E-state index in [2.05, 4.69) is 9.88 Å². The predicted octanol–water partition coefficient (Wildman–Crippen LogP) is 5.01. The molecule has 0 aliphatic carbocycles. The number of amides is 2. The number of hydrogen-bond acceptors (Lipinski definition) is 6. The van der Waals surface area contributed by atoms with Crippen molar-refractivity contribution in [3.63, 3.8) is 0 Å². The van der Waals surface area contributed by atoms with Gasteiger partial charge in [0.2, 0.25) is 5.91 Å². The Bertz CT molecular complexity index is 1640. The number of nitrogens with one attached hydrogen (secondary N) is 1. The van der Waals surface area contributed by atoms with Crippen molar-refractivity contribution in [3.8, 4) is 11.5 Å². The minimum absolute atomic E-state index is 0.0725. The molecule has 6 rings (SSSR count). The summed E-state index contributed by atoms with van der Waals surface area (Å²) in [6.45, 7) is 5.31. The molecule has 0 spiro atoms. The van der Waals surface area contributed by atoms with Gasteiger partial charge in [-0.05, 0) is 72.1 Å². The van der Waals surface area contributed by atoms with Crippen molar-refractivity contribution in [1.29, 1.82) is 0 Å². The molecule has 2 atom stereocenters. The summed E-state index contributed by atoms with van der Waals surface area (Å²) in [7, 11) is 0. The molecule has 4 aromatic rings. The molecule has 11 heteroatoms. The fraction of sp³-hybridized carbons (Fsp3) is 0.333. The molecule has 3 aromatic carbocycles. The number of aromatic amines is 1. The van der Waals surface area contributed by atoms with Crippen molar-refractivity contribution in [2.24, 2.45) is 0 Å². The molecule has 0 bridgehead atoms. The van der Waals surface area contributed by atoms with Crippen LogP contribution in [0.2, 0.25) is 5.02 Å². The molecule has 2 aliphatic heterocycles. The van der Waals surface area contributed by atoms with E-state index >= 15 is 0 Å². The van der Waals surface area contributed by atoms with Crippen LogP contribution in [0.1, 0.15) is 29.8 Å². The lowest BCUT2D eigenvalue weighted by atomic mass is 9.92. The number of hydrogen-bond donors (Lipinski definition) is 2. The molecule has 9 nitrogen and oxygen atoms in total. The molecule has 1 saturated heterocycles. The van der Waals surface area contributed by atoms with Gasteiger partial charge in [0.05, 0.1) is 0 Å². The highest BCUT2D eigenvalue weighted by Gasteiger charge is 2.36. The first-order chi connectivity index (χ1) is 21.2. The summed E-state index contributed by atoms with van der Waals surface area (Å²) < 4.78 is 25.0. The highest BCUT2D eigenvalue weighted by molar-refractivity contribution is 6.31. The van der Waals surface area contributed by atoms with Crippen molar-refractivity contribution in [2.75, 3.05) is 45.9 Å². The molecule has 2 aliphatic rings. The van der Waals surface area contributed by atoms with Crippen LogP contribution in [0, 0.1) is 5.82 Å². The number of aliphatic hydroxyl groups is 1. The van der Waals surface area contributed by atoms with Gasteiger partial charge in [-0.15, -0.1) is 0 Å². The number of halogens is 2. The predicted molar refractivity (Wildman–Crippen MR) is 165 cm³/mol. The molecule has 3 heterocycles. The fourth-order valence-corrected chi connectivity index (χ4v) is 6.17. The quantitative estimate of drug-likeness (QED) is 0.301. The van der Waals surface area contributed by atoms with Crippen LogP contribution in [0.3, 0.4) is 0 Å². The number of carbonyl (C=O) groups is 2. The number of β-amino-alcohol motifs (C(OH)–C–C–N with tert-alkyl or cyclic N) is 1. The molecule has 1 fully saturated rings. The van der Waals surface area contributed by atoms with Crippen LogP contribution in [0.15, 0.2) is 66.7 Å². The monoisotopic (exact) mass is 620 g/mol. The molecule has 2 amide bonds. The van der Waals surface area contributed by atoms with Crippen molar-refractivity contribution < 1.29 is 28.6 Å². The average Bonchev–Trinajstić information content (AvgIpc) is 3.39. The fourth-order valence-electron chi connectivity index (χ4n) is 6.00. The second-order valence-corrected chi connectivity index (χ2v) is 11.7. The Morgan fingerprint density at radius 1 is 1.00 bits per heavy atom. The molecule has 44 heavy (non-hydrogen) atoms. The van der Waals surface area contributed by atoms with Gasteiger partial charge in [-0.25, -0.2) is 9.18 Å². The summed E-state index contributed by atoms with van der Waals surface area (Å²) in [6, 6.07) is 18.0. The Hall–Kier alpha value is -4.12. The third kappa shape index (κ3) is 6.52. The highest BCUT2D eigenvalue weighted by Crippen LogP contribution is 2.40.